The second kappa shape index (κ2) is 3.78. The van der Waals surface area contributed by atoms with Gasteiger partial charge in [-0.2, -0.15) is 0 Å². The van der Waals surface area contributed by atoms with E-state index >= 15 is 0 Å². The van der Waals surface area contributed by atoms with E-state index in [9.17, 15) is 9.90 Å². The van der Waals surface area contributed by atoms with Gasteiger partial charge < -0.3 is 9.84 Å². The molecule has 0 aliphatic heterocycles. The molecule has 0 saturated carbocycles. The van der Waals surface area contributed by atoms with Crippen molar-refractivity contribution in [1.29, 1.82) is 0 Å². The molecule has 1 N–H and O–H groups in total. The van der Waals surface area contributed by atoms with Gasteiger partial charge in [0.2, 0.25) is 0 Å². The van der Waals surface area contributed by atoms with Crippen LogP contribution in [-0.4, -0.2) is 28.7 Å². The Balaban J connectivity index is 4.44. The van der Waals surface area contributed by atoms with Crippen LogP contribution in [0, 0.1) is 0 Å². The van der Waals surface area contributed by atoms with Crippen LogP contribution in [-0.2, 0) is 9.53 Å². The van der Waals surface area contributed by atoms with Crippen molar-refractivity contribution in [3.63, 3.8) is 0 Å². The lowest BCUT2D eigenvalue weighted by Crippen LogP contribution is -2.43. The number of methoxy groups -OCH3 is 1. The van der Waals surface area contributed by atoms with Crippen LogP contribution < -0.4 is 0 Å². The predicted molar refractivity (Wildman–Crippen MR) is 45.5 cm³/mol. The number of ether oxygens (including phenoxy) is 1. The summed E-state index contributed by atoms with van der Waals surface area (Å²) in [6.45, 7) is 3.00. The second-order valence-corrected chi connectivity index (χ2v) is 2.71. The summed E-state index contributed by atoms with van der Waals surface area (Å²) in [6, 6.07) is 0. The van der Waals surface area contributed by atoms with Gasteiger partial charge >= 0.3 is 0 Å². The number of carbonyl (C=O) groups is 1. The Morgan fingerprint density at radius 1 is 1.73 bits per heavy atom. The smallest absolute Gasteiger partial charge is 0.199 e. The molecule has 0 aliphatic carbocycles. The molecule has 0 bridgehead atoms. The number of carbonyl (C=O) groups excluding carboxylic acids is 1. The van der Waals surface area contributed by atoms with E-state index in [0.717, 1.165) is 0 Å². The van der Waals surface area contributed by atoms with Gasteiger partial charge in [0.25, 0.3) is 0 Å². The monoisotopic (exact) mass is 176 g/mol. The highest BCUT2D eigenvalue weighted by Gasteiger charge is 2.34. The predicted octanol–water partition coefficient (Wildman–Crippen LogP) is 0.690. The number of rotatable bonds is 3. The quantitative estimate of drug-likeness (QED) is 0.643. The van der Waals surface area contributed by atoms with E-state index in [2.05, 4.69) is 17.0 Å². The normalized spacial score (nSPS) is 15.3. The zero-order valence-corrected chi connectivity index (χ0v) is 7.70. The highest BCUT2D eigenvalue weighted by Crippen LogP contribution is 2.10. The molecule has 0 saturated heterocycles. The summed E-state index contributed by atoms with van der Waals surface area (Å²) in [5, 5.41) is 9.36. The Hall–Kier alpha value is -0.480. The molecule has 3 nitrogen and oxygen atoms in total. The van der Waals surface area contributed by atoms with Gasteiger partial charge in [0.1, 0.15) is 0 Å². The van der Waals surface area contributed by atoms with Crippen molar-refractivity contribution in [2.45, 2.75) is 25.9 Å². The van der Waals surface area contributed by atoms with Crippen molar-refractivity contribution in [2.75, 3.05) is 7.11 Å². The zero-order chi connectivity index (χ0) is 9.07. The fourth-order valence-corrected chi connectivity index (χ4v) is 0.771. The maximum Gasteiger partial charge on any atom is 0.199 e. The van der Waals surface area contributed by atoms with Gasteiger partial charge in [-0.25, -0.2) is 0 Å². The minimum atomic E-state index is -1.61. The third-order valence-electron chi connectivity index (χ3n) is 1.45. The molecule has 1 atom stereocenters. The van der Waals surface area contributed by atoms with Crippen LogP contribution in [0.15, 0.2) is 0 Å². The SMILES string of the molecule is CCC(=O)C(C)(O)C(=S)OC. The van der Waals surface area contributed by atoms with Crippen LogP contribution in [0.4, 0.5) is 0 Å². The lowest BCUT2D eigenvalue weighted by molar-refractivity contribution is -0.130. The van der Waals surface area contributed by atoms with Crippen LogP contribution >= 0.6 is 12.2 Å². The first kappa shape index (κ1) is 10.5. The van der Waals surface area contributed by atoms with Crippen molar-refractivity contribution >= 4 is 23.1 Å². The summed E-state index contributed by atoms with van der Waals surface area (Å²) >= 11 is 4.64. The summed E-state index contributed by atoms with van der Waals surface area (Å²) in [5.41, 5.74) is -1.61. The molecule has 0 aromatic heterocycles. The molecule has 0 fully saturated rings. The van der Waals surface area contributed by atoms with E-state index in [4.69, 9.17) is 0 Å². The van der Waals surface area contributed by atoms with Crippen molar-refractivity contribution in [2.24, 2.45) is 0 Å². The third kappa shape index (κ3) is 2.24. The number of aliphatic hydroxyl groups is 1. The molecule has 0 aromatic rings. The molecule has 11 heavy (non-hydrogen) atoms. The largest absolute Gasteiger partial charge is 0.487 e. The maximum absolute atomic E-state index is 11.0. The molecule has 0 aliphatic rings. The lowest BCUT2D eigenvalue weighted by atomic mass is 10.0. The maximum atomic E-state index is 11.0. The highest BCUT2D eigenvalue weighted by molar-refractivity contribution is 7.80. The highest BCUT2D eigenvalue weighted by atomic mass is 32.1. The molecular weight excluding hydrogens is 164 g/mol. The zero-order valence-electron chi connectivity index (χ0n) is 6.88. The summed E-state index contributed by atoms with van der Waals surface area (Å²) < 4.78 is 4.60. The van der Waals surface area contributed by atoms with Gasteiger partial charge in [-0.3, -0.25) is 4.79 Å². The molecule has 0 aromatic carbocycles. The van der Waals surface area contributed by atoms with E-state index in [1.165, 1.54) is 14.0 Å². The lowest BCUT2D eigenvalue weighted by Gasteiger charge is -2.20. The van der Waals surface area contributed by atoms with E-state index in [-0.39, 0.29) is 17.3 Å². The number of hydrogen-bond acceptors (Lipinski definition) is 4. The molecule has 0 heterocycles. The van der Waals surface area contributed by atoms with Gasteiger partial charge in [-0.1, -0.05) is 6.92 Å². The van der Waals surface area contributed by atoms with E-state index in [1.54, 1.807) is 6.92 Å². The molecule has 0 spiro atoms. The van der Waals surface area contributed by atoms with Gasteiger partial charge in [0, 0.05) is 6.42 Å². The standard InChI is InChI=1S/C7H12O3S/c1-4-5(8)7(2,9)6(11)10-3/h9H,4H2,1-3H3. The van der Waals surface area contributed by atoms with Crippen LogP contribution in [0.2, 0.25) is 0 Å². The van der Waals surface area contributed by atoms with E-state index in [0.29, 0.717) is 0 Å². The summed E-state index contributed by atoms with van der Waals surface area (Å²) in [4.78, 5) is 11.0. The molecular formula is C7H12O3S. The van der Waals surface area contributed by atoms with Crippen molar-refractivity contribution in [3.8, 4) is 0 Å². The summed E-state index contributed by atoms with van der Waals surface area (Å²) in [6.07, 6.45) is 0.247. The van der Waals surface area contributed by atoms with Gasteiger partial charge in [-0.05, 0) is 19.1 Å². The number of Topliss-reactive ketones (excluding diaryl/α,β-unsaturated/α-hetero) is 1. The van der Waals surface area contributed by atoms with Gasteiger partial charge in [0.15, 0.2) is 16.4 Å². The van der Waals surface area contributed by atoms with Gasteiger partial charge in [0.05, 0.1) is 7.11 Å². The Labute approximate surface area is 71.4 Å². The van der Waals surface area contributed by atoms with Gasteiger partial charge in [-0.15, -0.1) is 0 Å². The van der Waals surface area contributed by atoms with E-state index in [1.807, 2.05) is 0 Å². The Kier molecular flexibility index (Phi) is 3.62. The Morgan fingerprint density at radius 2 is 2.18 bits per heavy atom. The first-order valence-corrected chi connectivity index (χ1v) is 3.71. The topological polar surface area (TPSA) is 46.5 Å². The van der Waals surface area contributed by atoms with Crippen LogP contribution in [0.5, 0.6) is 0 Å². The fraction of sp³-hybridized carbons (Fsp3) is 0.714. The van der Waals surface area contributed by atoms with Crippen molar-refractivity contribution < 1.29 is 14.6 Å². The average molecular weight is 176 g/mol. The average Bonchev–Trinajstić information content (AvgIpc) is 2.01. The Morgan fingerprint density at radius 3 is 2.45 bits per heavy atom. The number of thiocarbonyl (C=S) groups is 1. The van der Waals surface area contributed by atoms with Crippen LogP contribution in [0.3, 0.4) is 0 Å². The fourth-order valence-electron chi connectivity index (χ4n) is 0.657. The molecule has 4 heteroatoms. The number of ketones is 1. The number of hydrogen-bond donors (Lipinski definition) is 1. The minimum Gasteiger partial charge on any atom is -0.487 e. The summed E-state index contributed by atoms with van der Waals surface area (Å²) in [7, 11) is 1.33. The minimum absolute atomic E-state index is 0.0793. The summed E-state index contributed by atoms with van der Waals surface area (Å²) in [5.74, 6) is -0.329. The first-order valence-electron chi connectivity index (χ1n) is 3.30. The Bertz CT molecular complexity index is 157. The van der Waals surface area contributed by atoms with Crippen molar-refractivity contribution in [1.82, 2.24) is 0 Å². The first-order chi connectivity index (χ1) is 4.96. The second-order valence-electron chi connectivity index (χ2n) is 2.34. The van der Waals surface area contributed by atoms with E-state index < -0.39 is 5.60 Å². The molecule has 0 radical (unpaired) electrons. The molecule has 0 rings (SSSR count). The molecule has 1 unspecified atom stereocenters. The molecule has 64 valence electrons. The van der Waals surface area contributed by atoms with Crippen molar-refractivity contribution in [3.05, 3.63) is 0 Å². The van der Waals surface area contributed by atoms with Crippen LogP contribution in [0.1, 0.15) is 20.3 Å². The van der Waals surface area contributed by atoms with Crippen LogP contribution in [0.25, 0.3) is 0 Å². The molecule has 0 amide bonds. The third-order valence-corrected chi connectivity index (χ3v) is 2.01.